The van der Waals surface area contributed by atoms with E-state index >= 15 is 0 Å². The molecule has 0 saturated heterocycles. The Morgan fingerprint density at radius 2 is 1.48 bits per heavy atom. The first-order valence-electron chi connectivity index (χ1n) is 8.17. The summed E-state index contributed by atoms with van der Waals surface area (Å²) in [6, 6.07) is 18.8. The Morgan fingerprint density at radius 3 is 2.11 bits per heavy atom. The van der Waals surface area contributed by atoms with Crippen LogP contribution in [0.4, 0.5) is 0 Å². The molecule has 0 aliphatic carbocycles. The summed E-state index contributed by atoms with van der Waals surface area (Å²) in [5, 5.41) is 10.3. The minimum absolute atomic E-state index is 0.0947. The number of rotatable bonds is 6. The van der Waals surface area contributed by atoms with E-state index in [1.54, 1.807) is 42.5 Å². The summed E-state index contributed by atoms with van der Waals surface area (Å²) in [6.07, 6.45) is 0. The highest BCUT2D eigenvalue weighted by Gasteiger charge is 2.08. The van der Waals surface area contributed by atoms with Crippen LogP contribution in [0.2, 0.25) is 10.0 Å². The van der Waals surface area contributed by atoms with Crippen LogP contribution in [0.15, 0.2) is 66.7 Å². The summed E-state index contributed by atoms with van der Waals surface area (Å²) in [7, 11) is 0. The number of halogens is 2. The van der Waals surface area contributed by atoms with Crippen LogP contribution in [-0.4, -0.2) is 24.3 Å². The van der Waals surface area contributed by atoms with E-state index in [9.17, 15) is 9.90 Å². The summed E-state index contributed by atoms with van der Waals surface area (Å²) in [6.45, 7) is 0.274. The van der Waals surface area contributed by atoms with Gasteiger partial charge < -0.3 is 14.6 Å². The molecule has 27 heavy (non-hydrogen) atoms. The van der Waals surface area contributed by atoms with Crippen molar-refractivity contribution in [2.45, 2.75) is 0 Å². The minimum atomic E-state index is -0.432. The van der Waals surface area contributed by atoms with Gasteiger partial charge in [-0.25, -0.2) is 4.79 Å². The molecule has 0 aliphatic heterocycles. The lowest BCUT2D eigenvalue weighted by molar-refractivity contribution is 0.0450. The van der Waals surface area contributed by atoms with E-state index < -0.39 is 5.97 Å². The molecule has 0 unspecified atom stereocenters. The first kappa shape index (κ1) is 19.1. The molecule has 3 rings (SSSR count). The van der Waals surface area contributed by atoms with Crippen molar-refractivity contribution in [3.8, 4) is 22.6 Å². The van der Waals surface area contributed by atoms with E-state index in [2.05, 4.69) is 0 Å². The molecule has 6 heteroatoms. The third-order valence-corrected chi connectivity index (χ3v) is 4.32. The van der Waals surface area contributed by atoms with Gasteiger partial charge in [0, 0.05) is 5.02 Å². The fraction of sp³-hybridized carbons (Fsp3) is 0.0952. The van der Waals surface area contributed by atoms with Crippen LogP contribution in [0.3, 0.4) is 0 Å². The Morgan fingerprint density at radius 1 is 0.852 bits per heavy atom. The first-order valence-corrected chi connectivity index (χ1v) is 8.93. The maximum atomic E-state index is 12.1. The first-order chi connectivity index (χ1) is 13.0. The Balaban J connectivity index is 1.51. The molecule has 0 saturated carbocycles. The maximum Gasteiger partial charge on any atom is 0.338 e. The molecule has 0 aliphatic rings. The zero-order chi connectivity index (χ0) is 19.2. The molecule has 0 bridgehead atoms. The topological polar surface area (TPSA) is 55.8 Å². The SMILES string of the molecule is O=C(OCCOc1ccc(Cl)cc1Cl)c1ccc(-c2ccc(O)cc2)cc1. The van der Waals surface area contributed by atoms with Crippen molar-refractivity contribution in [3.63, 3.8) is 0 Å². The summed E-state index contributed by atoms with van der Waals surface area (Å²) in [5.41, 5.74) is 2.33. The van der Waals surface area contributed by atoms with Gasteiger partial charge in [0.15, 0.2) is 0 Å². The summed E-state index contributed by atoms with van der Waals surface area (Å²) in [4.78, 5) is 12.1. The zero-order valence-corrected chi connectivity index (χ0v) is 15.7. The second-order valence-electron chi connectivity index (χ2n) is 5.68. The van der Waals surface area contributed by atoms with Crippen molar-refractivity contribution in [1.29, 1.82) is 0 Å². The van der Waals surface area contributed by atoms with Crippen molar-refractivity contribution >= 4 is 29.2 Å². The molecule has 3 aromatic rings. The monoisotopic (exact) mass is 402 g/mol. The molecule has 0 spiro atoms. The van der Waals surface area contributed by atoms with Gasteiger partial charge in [0.2, 0.25) is 0 Å². The van der Waals surface area contributed by atoms with E-state index in [1.807, 2.05) is 24.3 Å². The molecule has 0 radical (unpaired) electrons. The van der Waals surface area contributed by atoms with Crippen LogP contribution in [0.25, 0.3) is 11.1 Å². The molecule has 138 valence electrons. The lowest BCUT2D eigenvalue weighted by Gasteiger charge is -2.09. The molecule has 0 aromatic heterocycles. The Hall–Kier alpha value is -2.69. The fourth-order valence-corrected chi connectivity index (χ4v) is 2.88. The van der Waals surface area contributed by atoms with E-state index in [4.69, 9.17) is 32.7 Å². The van der Waals surface area contributed by atoms with Crippen LogP contribution in [0.5, 0.6) is 11.5 Å². The van der Waals surface area contributed by atoms with Gasteiger partial charge in [-0.1, -0.05) is 47.5 Å². The van der Waals surface area contributed by atoms with Gasteiger partial charge in [0.1, 0.15) is 24.7 Å². The highest BCUT2D eigenvalue weighted by atomic mass is 35.5. The lowest BCUT2D eigenvalue weighted by atomic mass is 10.0. The van der Waals surface area contributed by atoms with E-state index in [1.165, 1.54) is 0 Å². The number of carbonyl (C=O) groups excluding carboxylic acids is 1. The second-order valence-corrected chi connectivity index (χ2v) is 6.53. The fourth-order valence-electron chi connectivity index (χ4n) is 2.41. The number of hydrogen-bond donors (Lipinski definition) is 1. The van der Waals surface area contributed by atoms with Crippen LogP contribution >= 0.6 is 23.2 Å². The number of carbonyl (C=O) groups is 1. The van der Waals surface area contributed by atoms with E-state index in [-0.39, 0.29) is 19.0 Å². The summed E-state index contributed by atoms with van der Waals surface area (Å²) >= 11 is 11.8. The summed E-state index contributed by atoms with van der Waals surface area (Å²) in [5.74, 6) is 0.259. The molecule has 4 nitrogen and oxygen atoms in total. The van der Waals surface area contributed by atoms with Crippen LogP contribution in [-0.2, 0) is 4.74 Å². The second kappa shape index (κ2) is 8.80. The number of benzene rings is 3. The standard InChI is InChI=1S/C21H16Cl2O4/c22-17-7-10-20(19(23)13-17)26-11-12-27-21(25)16-3-1-14(2-4-16)15-5-8-18(24)9-6-15/h1-10,13,24H,11-12H2. The smallest absolute Gasteiger partial charge is 0.338 e. The van der Waals surface area contributed by atoms with Crippen molar-refractivity contribution in [3.05, 3.63) is 82.3 Å². The van der Waals surface area contributed by atoms with Gasteiger partial charge in [-0.3, -0.25) is 0 Å². The van der Waals surface area contributed by atoms with Gasteiger partial charge in [-0.05, 0) is 53.6 Å². The number of aromatic hydroxyl groups is 1. The number of phenolic OH excluding ortho intramolecular Hbond substituents is 1. The number of hydrogen-bond acceptors (Lipinski definition) is 4. The highest BCUT2D eigenvalue weighted by Crippen LogP contribution is 2.27. The Labute approximate surface area is 166 Å². The third-order valence-electron chi connectivity index (χ3n) is 3.79. The van der Waals surface area contributed by atoms with Gasteiger partial charge in [0.05, 0.1) is 10.6 Å². The molecule has 3 aromatic carbocycles. The van der Waals surface area contributed by atoms with E-state index in [0.717, 1.165) is 11.1 Å². The van der Waals surface area contributed by atoms with E-state index in [0.29, 0.717) is 21.4 Å². The van der Waals surface area contributed by atoms with Gasteiger partial charge in [-0.15, -0.1) is 0 Å². The van der Waals surface area contributed by atoms with Crippen LogP contribution in [0, 0.1) is 0 Å². The molecule has 0 heterocycles. The molecule has 0 atom stereocenters. The van der Waals surface area contributed by atoms with Crippen molar-refractivity contribution in [2.24, 2.45) is 0 Å². The van der Waals surface area contributed by atoms with Crippen molar-refractivity contribution in [1.82, 2.24) is 0 Å². The lowest BCUT2D eigenvalue weighted by Crippen LogP contribution is -2.12. The molecular weight excluding hydrogens is 387 g/mol. The quantitative estimate of drug-likeness (QED) is 0.430. The Kier molecular flexibility index (Phi) is 6.22. The molecular formula is C21H16Cl2O4. The van der Waals surface area contributed by atoms with Gasteiger partial charge in [-0.2, -0.15) is 0 Å². The average Bonchev–Trinajstić information content (AvgIpc) is 2.67. The highest BCUT2D eigenvalue weighted by molar-refractivity contribution is 6.35. The molecule has 0 amide bonds. The van der Waals surface area contributed by atoms with Crippen molar-refractivity contribution in [2.75, 3.05) is 13.2 Å². The third kappa shape index (κ3) is 5.16. The van der Waals surface area contributed by atoms with Gasteiger partial charge >= 0.3 is 5.97 Å². The predicted molar refractivity (Wildman–Crippen MR) is 106 cm³/mol. The Bertz CT molecular complexity index is 922. The molecule has 1 N–H and O–H groups in total. The average molecular weight is 403 g/mol. The number of esters is 1. The maximum absolute atomic E-state index is 12.1. The number of phenols is 1. The summed E-state index contributed by atoms with van der Waals surface area (Å²) < 4.78 is 10.7. The zero-order valence-electron chi connectivity index (χ0n) is 14.2. The van der Waals surface area contributed by atoms with Crippen LogP contribution < -0.4 is 4.74 Å². The van der Waals surface area contributed by atoms with Crippen molar-refractivity contribution < 1.29 is 19.4 Å². The largest absolute Gasteiger partial charge is 0.508 e. The van der Waals surface area contributed by atoms with Gasteiger partial charge in [0.25, 0.3) is 0 Å². The number of ether oxygens (including phenoxy) is 2. The normalized spacial score (nSPS) is 10.4. The predicted octanol–water partition coefficient (Wildman–Crippen LogP) is 5.60. The minimum Gasteiger partial charge on any atom is -0.508 e. The van der Waals surface area contributed by atoms with Crippen LogP contribution in [0.1, 0.15) is 10.4 Å². The molecule has 0 fully saturated rings.